The molecule has 2 N–H and O–H groups in total. The number of likely N-dealkylation sites (tertiary alicyclic amines) is 1. The minimum absolute atomic E-state index is 0. The molecule has 0 radical (unpaired) electrons. The molecule has 0 spiro atoms. The maximum atomic E-state index is 5.28. The van der Waals surface area contributed by atoms with Gasteiger partial charge in [0.25, 0.3) is 0 Å². The van der Waals surface area contributed by atoms with Crippen LogP contribution in [0.25, 0.3) is 0 Å². The van der Waals surface area contributed by atoms with Crippen molar-refractivity contribution in [3.05, 3.63) is 0 Å². The highest BCUT2D eigenvalue weighted by molar-refractivity contribution is 5.85. The van der Waals surface area contributed by atoms with E-state index in [9.17, 15) is 0 Å². The van der Waals surface area contributed by atoms with Crippen molar-refractivity contribution in [3.8, 4) is 0 Å². The number of nitrogens with zero attached hydrogens (tertiary/aromatic N) is 1. The van der Waals surface area contributed by atoms with E-state index in [0.717, 1.165) is 13.2 Å². The SMILES string of the molecule is Cl.NCCOCCN1CCCC1. The van der Waals surface area contributed by atoms with Crippen LogP contribution in [0.3, 0.4) is 0 Å². The molecule has 1 rings (SSSR count). The quantitative estimate of drug-likeness (QED) is 0.648. The summed E-state index contributed by atoms with van der Waals surface area (Å²) < 4.78 is 5.28. The van der Waals surface area contributed by atoms with E-state index in [1.165, 1.54) is 25.9 Å². The lowest BCUT2D eigenvalue weighted by Crippen LogP contribution is -2.24. The summed E-state index contributed by atoms with van der Waals surface area (Å²) in [5, 5.41) is 0. The average Bonchev–Trinajstić information content (AvgIpc) is 2.50. The van der Waals surface area contributed by atoms with Crippen LogP contribution in [-0.4, -0.2) is 44.3 Å². The largest absolute Gasteiger partial charge is 0.379 e. The predicted molar refractivity (Wildman–Crippen MR) is 52.8 cm³/mol. The van der Waals surface area contributed by atoms with Crippen LogP contribution in [0.5, 0.6) is 0 Å². The molecule has 1 saturated heterocycles. The third-order valence-corrected chi connectivity index (χ3v) is 2.01. The monoisotopic (exact) mass is 194 g/mol. The Labute approximate surface area is 80.7 Å². The number of ether oxygens (including phenoxy) is 1. The molecule has 12 heavy (non-hydrogen) atoms. The van der Waals surface area contributed by atoms with Crippen molar-refractivity contribution in [1.29, 1.82) is 0 Å². The summed E-state index contributed by atoms with van der Waals surface area (Å²) in [4.78, 5) is 2.44. The maximum Gasteiger partial charge on any atom is 0.0594 e. The van der Waals surface area contributed by atoms with Crippen molar-refractivity contribution in [2.24, 2.45) is 5.73 Å². The minimum atomic E-state index is 0. The van der Waals surface area contributed by atoms with Gasteiger partial charge in [0.05, 0.1) is 13.2 Å². The van der Waals surface area contributed by atoms with E-state index in [2.05, 4.69) is 4.90 Å². The molecule has 0 saturated carbocycles. The second kappa shape index (κ2) is 7.80. The van der Waals surface area contributed by atoms with Gasteiger partial charge in [-0.2, -0.15) is 0 Å². The van der Waals surface area contributed by atoms with Gasteiger partial charge in [-0.3, -0.25) is 0 Å². The molecule has 0 aromatic carbocycles. The van der Waals surface area contributed by atoms with Crippen LogP contribution in [0.2, 0.25) is 0 Å². The fraction of sp³-hybridized carbons (Fsp3) is 1.00. The zero-order valence-corrected chi connectivity index (χ0v) is 8.31. The Bertz CT molecular complexity index is 97.1. The molecule has 1 fully saturated rings. The number of hydrogen-bond acceptors (Lipinski definition) is 3. The van der Waals surface area contributed by atoms with Crippen molar-refractivity contribution >= 4 is 12.4 Å². The zero-order valence-electron chi connectivity index (χ0n) is 7.50. The molecular weight excluding hydrogens is 176 g/mol. The maximum absolute atomic E-state index is 5.28. The molecule has 1 heterocycles. The molecule has 0 amide bonds. The highest BCUT2D eigenvalue weighted by Crippen LogP contribution is 2.05. The lowest BCUT2D eigenvalue weighted by molar-refractivity contribution is 0.117. The molecule has 1 aliphatic heterocycles. The van der Waals surface area contributed by atoms with Gasteiger partial charge in [0.1, 0.15) is 0 Å². The van der Waals surface area contributed by atoms with Crippen LogP contribution in [0.4, 0.5) is 0 Å². The number of rotatable bonds is 5. The van der Waals surface area contributed by atoms with Crippen molar-refractivity contribution in [2.75, 3.05) is 39.4 Å². The van der Waals surface area contributed by atoms with Crippen LogP contribution in [0.1, 0.15) is 12.8 Å². The van der Waals surface area contributed by atoms with E-state index in [0.29, 0.717) is 13.2 Å². The first-order valence-corrected chi connectivity index (χ1v) is 4.43. The van der Waals surface area contributed by atoms with Crippen LogP contribution in [-0.2, 0) is 4.74 Å². The molecular formula is C8H19ClN2O. The minimum Gasteiger partial charge on any atom is -0.379 e. The Morgan fingerprint density at radius 1 is 1.17 bits per heavy atom. The number of halogens is 1. The van der Waals surface area contributed by atoms with Crippen molar-refractivity contribution in [1.82, 2.24) is 4.90 Å². The fourth-order valence-corrected chi connectivity index (χ4v) is 1.39. The van der Waals surface area contributed by atoms with Gasteiger partial charge in [0, 0.05) is 13.1 Å². The third-order valence-electron chi connectivity index (χ3n) is 2.01. The molecule has 0 atom stereocenters. The van der Waals surface area contributed by atoms with Gasteiger partial charge >= 0.3 is 0 Å². The van der Waals surface area contributed by atoms with Gasteiger partial charge in [-0.05, 0) is 25.9 Å². The molecule has 0 bridgehead atoms. The smallest absolute Gasteiger partial charge is 0.0594 e. The van der Waals surface area contributed by atoms with Gasteiger partial charge in [0.2, 0.25) is 0 Å². The third kappa shape index (κ3) is 4.93. The Morgan fingerprint density at radius 2 is 1.83 bits per heavy atom. The Morgan fingerprint density at radius 3 is 2.42 bits per heavy atom. The highest BCUT2D eigenvalue weighted by Gasteiger charge is 2.09. The van der Waals surface area contributed by atoms with E-state index in [1.807, 2.05) is 0 Å². The Kier molecular flexibility index (Phi) is 7.91. The van der Waals surface area contributed by atoms with Crippen LogP contribution in [0.15, 0.2) is 0 Å². The average molecular weight is 195 g/mol. The molecule has 3 nitrogen and oxygen atoms in total. The summed E-state index contributed by atoms with van der Waals surface area (Å²) in [5.74, 6) is 0. The summed E-state index contributed by atoms with van der Waals surface area (Å²) in [6.07, 6.45) is 2.72. The summed E-state index contributed by atoms with van der Waals surface area (Å²) in [6, 6.07) is 0. The van der Waals surface area contributed by atoms with Gasteiger partial charge in [0.15, 0.2) is 0 Å². The lowest BCUT2D eigenvalue weighted by atomic mass is 10.4. The van der Waals surface area contributed by atoms with Gasteiger partial charge in [-0.15, -0.1) is 12.4 Å². The standard InChI is InChI=1S/C8H18N2O.ClH/c9-3-7-11-8-6-10-4-1-2-5-10;/h1-9H2;1H. The highest BCUT2D eigenvalue weighted by atomic mass is 35.5. The Hall–Kier alpha value is 0.170. The zero-order chi connectivity index (χ0) is 7.94. The summed E-state index contributed by atoms with van der Waals surface area (Å²) >= 11 is 0. The van der Waals surface area contributed by atoms with E-state index < -0.39 is 0 Å². The first kappa shape index (κ1) is 12.2. The topological polar surface area (TPSA) is 38.5 Å². The Balaban J connectivity index is 0.00000121. The fourth-order valence-electron chi connectivity index (χ4n) is 1.39. The predicted octanol–water partition coefficient (Wildman–Crippen LogP) is 0.479. The van der Waals surface area contributed by atoms with E-state index in [1.54, 1.807) is 0 Å². The molecule has 0 aliphatic carbocycles. The first-order chi connectivity index (χ1) is 5.43. The van der Waals surface area contributed by atoms with Crippen molar-refractivity contribution in [2.45, 2.75) is 12.8 Å². The van der Waals surface area contributed by atoms with Gasteiger partial charge in [-0.1, -0.05) is 0 Å². The van der Waals surface area contributed by atoms with Crippen LogP contribution in [0, 0.1) is 0 Å². The van der Waals surface area contributed by atoms with Crippen molar-refractivity contribution < 1.29 is 4.74 Å². The molecule has 0 unspecified atom stereocenters. The first-order valence-electron chi connectivity index (χ1n) is 4.43. The van der Waals surface area contributed by atoms with Gasteiger partial charge < -0.3 is 15.4 Å². The second-order valence-electron chi connectivity index (χ2n) is 2.95. The number of hydrogen-bond donors (Lipinski definition) is 1. The molecule has 1 aliphatic rings. The molecule has 74 valence electrons. The molecule has 0 aromatic heterocycles. The summed E-state index contributed by atoms with van der Waals surface area (Å²) in [7, 11) is 0. The van der Waals surface area contributed by atoms with Crippen LogP contribution < -0.4 is 5.73 Å². The normalized spacial score (nSPS) is 17.8. The van der Waals surface area contributed by atoms with Crippen LogP contribution >= 0.6 is 12.4 Å². The molecule has 4 heteroatoms. The van der Waals surface area contributed by atoms with E-state index in [-0.39, 0.29) is 12.4 Å². The van der Waals surface area contributed by atoms with E-state index in [4.69, 9.17) is 10.5 Å². The van der Waals surface area contributed by atoms with E-state index >= 15 is 0 Å². The summed E-state index contributed by atoms with van der Waals surface area (Å²) in [5.41, 5.74) is 5.28. The number of nitrogens with two attached hydrogens (primary N) is 1. The van der Waals surface area contributed by atoms with Crippen molar-refractivity contribution in [3.63, 3.8) is 0 Å². The van der Waals surface area contributed by atoms with Gasteiger partial charge in [-0.25, -0.2) is 0 Å². The lowest BCUT2D eigenvalue weighted by Gasteiger charge is -2.13. The summed E-state index contributed by atoms with van der Waals surface area (Å²) in [6.45, 7) is 5.78. The molecule has 0 aromatic rings. The second-order valence-corrected chi connectivity index (χ2v) is 2.95.